The first kappa shape index (κ1) is 13.1. The smallest absolute Gasteiger partial charge is 0.191 e. The minimum Gasteiger partial charge on any atom is -0.324 e. The zero-order valence-electron chi connectivity index (χ0n) is 10.7. The molecule has 98 valence electrons. The summed E-state index contributed by atoms with van der Waals surface area (Å²) in [7, 11) is 0. The molecule has 0 atom stereocenters. The van der Waals surface area contributed by atoms with Crippen molar-refractivity contribution in [2.45, 2.75) is 38.1 Å². The molecular formula is C11H18N6S. The van der Waals surface area contributed by atoms with Crippen molar-refractivity contribution in [3.8, 4) is 0 Å². The molecule has 0 saturated heterocycles. The lowest BCUT2D eigenvalue weighted by Crippen LogP contribution is -2.11. The molecule has 2 N–H and O–H groups in total. The molecular weight excluding hydrogens is 248 g/mol. The van der Waals surface area contributed by atoms with Gasteiger partial charge in [-0.25, -0.2) is 0 Å². The molecule has 0 unspecified atom stereocenters. The average molecular weight is 266 g/mol. The van der Waals surface area contributed by atoms with Crippen LogP contribution >= 0.6 is 11.8 Å². The summed E-state index contributed by atoms with van der Waals surface area (Å²) in [4.78, 5) is 0. The maximum Gasteiger partial charge on any atom is 0.191 e. The van der Waals surface area contributed by atoms with Crippen LogP contribution in [0, 0.1) is 0 Å². The minimum absolute atomic E-state index is 0.325. The molecule has 18 heavy (non-hydrogen) atoms. The third-order valence-electron chi connectivity index (χ3n) is 2.54. The number of nitrogens with two attached hydrogens (primary N) is 1. The van der Waals surface area contributed by atoms with Crippen LogP contribution in [0.2, 0.25) is 0 Å². The van der Waals surface area contributed by atoms with Gasteiger partial charge in [0.05, 0.1) is 13.1 Å². The molecule has 2 rings (SSSR count). The molecule has 0 aliphatic rings. The van der Waals surface area contributed by atoms with E-state index >= 15 is 0 Å². The molecule has 0 amide bonds. The second-order valence-electron chi connectivity index (χ2n) is 4.18. The number of hydrogen-bond donors (Lipinski definition) is 1. The molecule has 2 heterocycles. The lowest BCUT2D eigenvalue weighted by atomic mass is 10.4. The topological polar surface area (TPSA) is 74.6 Å². The molecule has 7 heteroatoms. The van der Waals surface area contributed by atoms with E-state index in [0.717, 1.165) is 23.3 Å². The van der Waals surface area contributed by atoms with E-state index in [1.54, 1.807) is 18.0 Å². The Hall–Kier alpha value is -1.34. The van der Waals surface area contributed by atoms with Gasteiger partial charge in [0.25, 0.3) is 0 Å². The number of aromatic nitrogens is 5. The predicted molar refractivity (Wildman–Crippen MR) is 71.2 cm³/mol. The lowest BCUT2D eigenvalue weighted by molar-refractivity contribution is 0.525. The number of thioether (sulfide) groups is 1. The van der Waals surface area contributed by atoms with Crippen molar-refractivity contribution in [2.24, 2.45) is 5.73 Å². The Morgan fingerprint density at radius 3 is 2.83 bits per heavy atom. The summed E-state index contributed by atoms with van der Waals surface area (Å²) < 4.78 is 4.00. The summed E-state index contributed by atoms with van der Waals surface area (Å²) in [6, 6.07) is 2.25. The molecule has 6 nitrogen and oxygen atoms in total. The van der Waals surface area contributed by atoms with Crippen molar-refractivity contribution in [1.29, 1.82) is 0 Å². The van der Waals surface area contributed by atoms with Crippen molar-refractivity contribution < 1.29 is 0 Å². The van der Waals surface area contributed by atoms with Crippen molar-refractivity contribution in [1.82, 2.24) is 24.5 Å². The standard InChI is InChI=1S/C11H18N6S/c1-9(2)17-10(8-12)14-15-11(17)18-7-6-16-5-3-4-13-16/h3-5,9H,6-8,12H2,1-2H3. The van der Waals surface area contributed by atoms with Crippen molar-refractivity contribution in [2.75, 3.05) is 5.75 Å². The van der Waals surface area contributed by atoms with Gasteiger partial charge in [-0.15, -0.1) is 10.2 Å². The van der Waals surface area contributed by atoms with Gasteiger partial charge in [0.15, 0.2) is 5.16 Å². The van der Waals surface area contributed by atoms with Crippen LogP contribution in [-0.2, 0) is 13.1 Å². The first-order valence-corrected chi connectivity index (χ1v) is 6.95. The normalized spacial score (nSPS) is 11.3. The first-order chi connectivity index (χ1) is 8.72. The largest absolute Gasteiger partial charge is 0.324 e. The van der Waals surface area contributed by atoms with E-state index in [0.29, 0.717) is 12.6 Å². The van der Waals surface area contributed by atoms with E-state index in [1.165, 1.54) is 0 Å². The van der Waals surface area contributed by atoms with Crippen LogP contribution in [0.1, 0.15) is 25.7 Å². The molecule has 0 spiro atoms. The number of hydrogen-bond acceptors (Lipinski definition) is 5. The quantitative estimate of drug-likeness (QED) is 0.798. The maximum atomic E-state index is 5.66. The van der Waals surface area contributed by atoms with E-state index in [2.05, 4.69) is 33.7 Å². The lowest BCUT2D eigenvalue weighted by Gasteiger charge is -2.12. The van der Waals surface area contributed by atoms with E-state index in [1.807, 2.05) is 16.9 Å². The highest BCUT2D eigenvalue weighted by molar-refractivity contribution is 7.99. The van der Waals surface area contributed by atoms with Crippen LogP contribution < -0.4 is 5.73 Å². The Morgan fingerprint density at radius 1 is 1.39 bits per heavy atom. The molecule has 0 bridgehead atoms. The minimum atomic E-state index is 0.325. The number of nitrogens with zero attached hydrogens (tertiary/aromatic N) is 5. The third-order valence-corrected chi connectivity index (χ3v) is 3.47. The van der Waals surface area contributed by atoms with Gasteiger partial charge in [0, 0.05) is 24.2 Å². The van der Waals surface area contributed by atoms with Gasteiger partial charge in [-0.2, -0.15) is 5.10 Å². The van der Waals surface area contributed by atoms with Gasteiger partial charge < -0.3 is 10.3 Å². The second-order valence-corrected chi connectivity index (χ2v) is 5.25. The monoisotopic (exact) mass is 266 g/mol. The summed E-state index contributed by atoms with van der Waals surface area (Å²) in [5.41, 5.74) is 5.66. The molecule has 0 aliphatic carbocycles. The molecule has 0 aliphatic heterocycles. The fourth-order valence-electron chi connectivity index (χ4n) is 1.73. The summed E-state index contributed by atoms with van der Waals surface area (Å²) in [6.45, 7) is 5.51. The van der Waals surface area contributed by atoms with Crippen LogP contribution in [-0.4, -0.2) is 30.3 Å². The number of aryl methyl sites for hydroxylation is 1. The van der Waals surface area contributed by atoms with E-state index < -0.39 is 0 Å². The zero-order chi connectivity index (χ0) is 13.0. The van der Waals surface area contributed by atoms with Crippen LogP contribution in [0.5, 0.6) is 0 Å². The van der Waals surface area contributed by atoms with Gasteiger partial charge in [0.2, 0.25) is 0 Å². The Bertz CT molecular complexity index is 476. The molecule has 0 aromatic carbocycles. The summed E-state index contributed by atoms with van der Waals surface area (Å²) in [5, 5.41) is 13.4. The van der Waals surface area contributed by atoms with Crippen LogP contribution in [0.4, 0.5) is 0 Å². The van der Waals surface area contributed by atoms with E-state index in [9.17, 15) is 0 Å². The fraction of sp³-hybridized carbons (Fsp3) is 0.545. The molecule has 2 aromatic rings. The van der Waals surface area contributed by atoms with Gasteiger partial charge >= 0.3 is 0 Å². The molecule has 2 aromatic heterocycles. The Morgan fingerprint density at radius 2 is 2.22 bits per heavy atom. The van der Waals surface area contributed by atoms with Crippen molar-refractivity contribution >= 4 is 11.8 Å². The van der Waals surface area contributed by atoms with E-state index in [-0.39, 0.29) is 0 Å². The highest BCUT2D eigenvalue weighted by atomic mass is 32.2. The van der Waals surface area contributed by atoms with Gasteiger partial charge in [-0.1, -0.05) is 11.8 Å². The maximum absolute atomic E-state index is 5.66. The summed E-state index contributed by atoms with van der Waals surface area (Å²) in [5.74, 6) is 1.75. The second kappa shape index (κ2) is 6.01. The molecule has 0 radical (unpaired) electrons. The zero-order valence-corrected chi connectivity index (χ0v) is 11.5. The summed E-state index contributed by atoms with van der Waals surface area (Å²) >= 11 is 1.68. The van der Waals surface area contributed by atoms with Gasteiger partial charge in [-0.05, 0) is 19.9 Å². The SMILES string of the molecule is CC(C)n1c(CN)nnc1SCCn1cccn1. The fourth-order valence-corrected chi connectivity index (χ4v) is 2.74. The van der Waals surface area contributed by atoms with Crippen LogP contribution in [0.25, 0.3) is 0 Å². The van der Waals surface area contributed by atoms with E-state index in [4.69, 9.17) is 5.73 Å². The van der Waals surface area contributed by atoms with Gasteiger partial charge in [0.1, 0.15) is 5.82 Å². The Kier molecular flexibility index (Phi) is 4.38. The van der Waals surface area contributed by atoms with Gasteiger partial charge in [-0.3, -0.25) is 4.68 Å². The first-order valence-electron chi connectivity index (χ1n) is 5.96. The Balaban J connectivity index is 1.98. The third kappa shape index (κ3) is 2.91. The van der Waals surface area contributed by atoms with Crippen LogP contribution in [0.3, 0.4) is 0 Å². The van der Waals surface area contributed by atoms with Crippen molar-refractivity contribution in [3.05, 3.63) is 24.3 Å². The average Bonchev–Trinajstić information content (AvgIpc) is 2.97. The highest BCUT2D eigenvalue weighted by Gasteiger charge is 2.13. The molecule has 0 saturated carbocycles. The summed E-state index contributed by atoms with van der Waals surface area (Å²) in [6.07, 6.45) is 3.74. The van der Waals surface area contributed by atoms with Crippen molar-refractivity contribution in [3.63, 3.8) is 0 Å². The highest BCUT2D eigenvalue weighted by Crippen LogP contribution is 2.21. The predicted octanol–water partition coefficient (Wildman–Crippen LogP) is 1.31. The molecule has 0 fully saturated rings. The number of rotatable bonds is 6. The van der Waals surface area contributed by atoms with Crippen LogP contribution in [0.15, 0.2) is 23.6 Å². The Labute approximate surface area is 111 Å².